The Bertz CT molecular complexity index is 544. The van der Waals surface area contributed by atoms with Gasteiger partial charge in [0.1, 0.15) is 11.6 Å². The van der Waals surface area contributed by atoms with Crippen LogP contribution in [0.2, 0.25) is 5.02 Å². The first-order chi connectivity index (χ1) is 8.61. The number of nitrogens with one attached hydrogen (secondary N) is 1. The lowest BCUT2D eigenvalue weighted by Crippen LogP contribution is -2.29. The van der Waals surface area contributed by atoms with E-state index in [2.05, 4.69) is 10.4 Å². The predicted octanol–water partition coefficient (Wildman–Crippen LogP) is 2.01. The summed E-state index contributed by atoms with van der Waals surface area (Å²) in [5.74, 6) is 5.54. The summed E-state index contributed by atoms with van der Waals surface area (Å²) in [6.07, 6.45) is 1.46. The van der Waals surface area contributed by atoms with Crippen LogP contribution in [-0.2, 0) is 0 Å². The van der Waals surface area contributed by atoms with Gasteiger partial charge in [0.05, 0.1) is 11.1 Å². The Hall–Kier alpha value is -1.69. The molecule has 5 N–H and O–H groups in total. The number of rotatable bonds is 3. The third-order valence-electron chi connectivity index (χ3n) is 2.60. The van der Waals surface area contributed by atoms with Gasteiger partial charge in [0, 0.05) is 11.8 Å². The number of hydrazine groups is 1. The van der Waals surface area contributed by atoms with Gasteiger partial charge in [-0.15, -0.1) is 0 Å². The molecule has 0 fully saturated rings. The smallest absolute Gasteiger partial charge is 0.128 e. The second-order valence-electron chi connectivity index (χ2n) is 3.78. The zero-order valence-electron chi connectivity index (χ0n) is 9.40. The number of nitrogens with zero attached hydrogens (tertiary/aromatic N) is 1. The van der Waals surface area contributed by atoms with Crippen LogP contribution in [0.15, 0.2) is 36.5 Å². The van der Waals surface area contributed by atoms with Gasteiger partial charge in [0.2, 0.25) is 0 Å². The summed E-state index contributed by atoms with van der Waals surface area (Å²) in [6.45, 7) is 0. The molecule has 0 saturated carbocycles. The van der Waals surface area contributed by atoms with Crippen LogP contribution in [0.1, 0.15) is 17.2 Å². The molecule has 0 amide bonds. The maximum atomic E-state index is 12.9. The molecule has 6 heteroatoms. The highest BCUT2D eigenvalue weighted by molar-refractivity contribution is 6.30. The summed E-state index contributed by atoms with van der Waals surface area (Å²) in [4.78, 5) is 3.97. The van der Waals surface area contributed by atoms with Crippen LogP contribution in [-0.4, -0.2) is 4.98 Å². The van der Waals surface area contributed by atoms with Crippen LogP contribution in [0.5, 0.6) is 0 Å². The molecule has 2 aromatic rings. The third kappa shape index (κ3) is 2.59. The first-order valence-corrected chi connectivity index (χ1v) is 5.62. The molecular formula is C12H12ClFN4. The van der Waals surface area contributed by atoms with Gasteiger partial charge in [-0.1, -0.05) is 23.7 Å². The molecular weight excluding hydrogens is 255 g/mol. The first-order valence-electron chi connectivity index (χ1n) is 5.24. The molecule has 0 saturated heterocycles. The van der Waals surface area contributed by atoms with E-state index >= 15 is 0 Å². The number of benzene rings is 1. The number of anilines is 1. The zero-order chi connectivity index (χ0) is 13.1. The van der Waals surface area contributed by atoms with E-state index in [1.165, 1.54) is 18.3 Å². The van der Waals surface area contributed by atoms with Crippen molar-refractivity contribution >= 4 is 17.4 Å². The quantitative estimate of drug-likeness (QED) is 0.587. The molecule has 0 aliphatic rings. The van der Waals surface area contributed by atoms with Gasteiger partial charge >= 0.3 is 0 Å². The average molecular weight is 267 g/mol. The minimum absolute atomic E-state index is 0.313. The highest BCUT2D eigenvalue weighted by atomic mass is 35.5. The van der Waals surface area contributed by atoms with Gasteiger partial charge in [0.15, 0.2) is 0 Å². The van der Waals surface area contributed by atoms with Gasteiger partial charge < -0.3 is 5.73 Å². The Morgan fingerprint density at radius 3 is 2.56 bits per heavy atom. The lowest BCUT2D eigenvalue weighted by Gasteiger charge is -2.18. The van der Waals surface area contributed by atoms with E-state index in [0.29, 0.717) is 16.4 Å². The van der Waals surface area contributed by atoms with E-state index in [9.17, 15) is 4.39 Å². The number of hydrogen-bond acceptors (Lipinski definition) is 4. The van der Waals surface area contributed by atoms with Gasteiger partial charge in [-0.2, -0.15) is 0 Å². The van der Waals surface area contributed by atoms with Crippen LogP contribution in [0.4, 0.5) is 10.2 Å². The van der Waals surface area contributed by atoms with Crippen molar-refractivity contribution in [3.05, 3.63) is 58.5 Å². The molecule has 4 nitrogen and oxygen atoms in total. The maximum Gasteiger partial charge on any atom is 0.128 e. The number of hydrogen-bond donors (Lipinski definition) is 3. The predicted molar refractivity (Wildman–Crippen MR) is 69.2 cm³/mol. The monoisotopic (exact) mass is 266 g/mol. The van der Waals surface area contributed by atoms with Gasteiger partial charge in [-0.25, -0.2) is 14.8 Å². The summed E-state index contributed by atoms with van der Waals surface area (Å²) >= 11 is 5.88. The summed E-state index contributed by atoms with van der Waals surface area (Å²) in [5.41, 5.74) is 9.84. The Balaban J connectivity index is 2.44. The Morgan fingerprint density at radius 1 is 1.28 bits per heavy atom. The fraction of sp³-hybridized carbons (Fsp3) is 0.0833. The Labute approximate surface area is 109 Å². The lowest BCUT2D eigenvalue weighted by atomic mass is 10.00. The van der Waals surface area contributed by atoms with Crippen LogP contribution in [0.3, 0.4) is 0 Å². The highest BCUT2D eigenvalue weighted by Crippen LogP contribution is 2.27. The van der Waals surface area contributed by atoms with Crippen molar-refractivity contribution in [1.82, 2.24) is 10.4 Å². The zero-order valence-corrected chi connectivity index (χ0v) is 10.2. The summed E-state index contributed by atoms with van der Waals surface area (Å²) in [6, 6.07) is 7.25. The second kappa shape index (κ2) is 5.30. The van der Waals surface area contributed by atoms with Crippen LogP contribution >= 0.6 is 11.6 Å². The van der Waals surface area contributed by atoms with Crippen LogP contribution in [0, 0.1) is 5.82 Å². The highest BCUT2D eigenvalue weighted by Gasteiger charge is 2.16. The van der Waals surface area contributed by atoms with Crippen molar-refractivity contribution in [3.8, 4) is 0 Å². The lowest BCUT2D eigenvalue weighted by molar-refractivity contribution is 0.615. The van der Waals surface area contributed by atoms with Crippen molar-refractivity contribution in [2.45, 2.75) is 6.04 Å². The molecule has 0 aliphatic heterocycles. The van der Waals surface area contributed by atoms with E-state index in [-0.39, 0.29) is 5.82 Å². The molecule has 2 rings (SSSR count). The van der Waals surface area contributed by atoms with Crippen molar-refractivity contribution < 1.29 is 4.39 Å². The molecule has 94 valence electrons. The van der Waals surface area contributed by atoms with Crippen LogP contribution < -0.4 is 17.0 Å². The maximum absolute atomic E-state index is 12.9. The summed E-state index contributed by atoms with van der Waals surface area (Å²) in [7, 11) is 0. The Kier molecular flexibility index (Phi) is 3.76. The van der Waals surface area contributed by atoms with Crippen molar-refractivity contribution in [2.24, 2.45) is 5.84 Å². The topological polar surface area (TPSA) is 77.0 Å². The van der Waals surface area contributed by atoms with E-state index in [4.69, 9.17) is 23.2 Å². The summed E-state index contributed by atoms with van der Waals surface area (Å²) in [5, 5.41) is 0.460. The molecule has 1 unspecified atom stereocenters. The standard InChI is InChI=1S/C12H12ClFN4/c13-8-5-10(12(15)17-6-8)11(18-16)7-1-3-9(14)4-2-7/h1-6,11,18H,16H2,(H2,15,17). The van der Waals surface area contributed by atoms with Crippen molar-refractivity contribution in [1.29, 1.82) is 0 Å². The molecule has 18 heavy (non-hydrogen) atoms. The second-order valence-corrected chi connectivity index (χ2v) is 4.22. The fourth-order valence-electron chi connectivity index (χ4n) is 1.72. The number of nitrogens with two attached hydrogens (primary N) is 2. The third-order valence-corrected chi connectivity index (χ3v) is 2.80. The molecule has 1 heterocycles. The van der Waals surface area contributed by atoms with Gasteiger partial charge in [-0.05, 0) is 23.8 Å². The number of halogens is 2. The molecule has 1 atom stereocenters. The minimum atomic E-state index is -0.392. The number of nitrogen functional groups attached to an aromatic ring is 1. The normalized spacial score (nSPS) is 12.4. The Morgan fingerprint density at radius 2 is 1.94 bits per heavy atom. The van der Waals surface area contributed by atoms with E-state index in [0.717, 1.165) is 5.56 Å². The summed E-state index contributed by atoms with van der Waals surface area (Å²) < 4.78 is 12.9. The van der Waals surface area contributed by atoms with Crippen molar-refractivity contribution in [3.63, 3.8) is 0 Å². The molecule has 0 bridgehead atoms. The fourth-order valence-corrected chi connectivity index (χ4v) is 1.88. The first kappa shape index (κ1) is 12.8. The average Bonchev–Trinajstić information content (AvgIpc) is 2.37. The molecule has 1 aromatic carbocycles. The van der Waals surface area contributed by atoms with E-state index < -0.39 is 6.04 Å². The largest absolute Gasteiger partial charge is 0.383 e. The van der Waals surface area contributed by atoms with Gasteiger partial charge in [0.25, 0.3) is 0 Å². The van der Waals surface area contributed by atoms with E-state index in [1.54, 1.807) is 18.2 Å². The SMILES string of the molecule is NNC(c1ccc(F)cc1)c1cc(Cl)cnc1N. The van der Waals surface area contributed by atoms with E-state index in [1.807, 2.05) is 0 Å². The van der Waals surface area contributed by atoms with Gasteiger partial charge in [-0.3, -0.25) is 5.84 Å². The molecule has 0 aliphatic carbocycles. The number of aromatic nitrogens is 1. The number of pyridine rings is 1. The molecule has 0 spiro atoms. The van der Waals surface area contributed by atoms with Crippen molar-refractivity contribution in [2.75, 3.05) is 5.73 Å². The minimum Gasteiger partial charge on any atom is -0.383 e. The van der Waals surface area contributed by atoms with Crippen LogP contribution in [0.25, 0.3) is 0 Å². The molecule has 1 aromatic heterocycles. The molecule has 0 radical (unpaired) electrons.